The van der Waals surface area contributed by atoms with E-state index in [9.17, 15) is 4.48 Å². The molecular weight excluding hydrogens is 133 g/mol. The number of halogens is 1. The fraction of sp³-hybridized carbons (Fsp3) is 0.833. The molecule has 1 unspecified atom stereocenters. The number of hydrazone groups is 1. The highest BCUT2D eigenvalue weighted by Crippen LogP contribution is 2.17. The molecular formula is C6H12FN3. The summed E-state index contributed by atoms with van der Waals surface area (Å²) in [6, 6.07) is 0. The predicted molar refractivity (Wildman–Crippen MR) is 37.8 cm³/mol. The van der Waals surface area contributed by atoms with Crippen LogP contribution in [0.1, 0.15) is 13.8 Å². The Kier molecular flexibility index (Phi) is 1.78. The van der Waals surface area contributed by atoms with Crippen LogP contribution in [-0.4, -0.2) is 29.7 Å². The average Bonchev–Trinajstić information content (AvgIpc) is 2.11. The summed E-state index contributed by atoms with van der Waals surface area (Å²) in [7, 11) is 1.76. The molecule has 0 aromatic carbocycles. The van der Waals surface area contributed by atoms with Crippen LogP contribution in [0, 0.1) is 5.92 Å². The lowest BCUT2D eigenvalue weighted by molar-refractivity contribution is -0.0102. The van der Waals surface area contributed by atoms with Crippen LogP contribution in [0.4, 0.5) is 4.48 Å². The molecule has 0 saturated heterocycles. The SMILES string of the molecule is CC(C)C1N(F)C=NN1C. The highest BCUT2D eigenvalue weighted by molar-refractivity contribution is 5.55. The Morgan fingerprint density at radius 1 is 1.60 bits per heavy atom. The maximum atomic E-state index is 12.7. The van der Waals surface area contributed by atoms with Crippen molar-refractivity contribution in [3.8, 4) is 0 Å². The highest BCUT2D eigenvalue weighted by Gasteiger charge is 2.27. The van der Waals surface area contributed by atoms with Crippen LogP contribution in [0.25, 0.3) is 0 Å². The van der Waals surface area contributed by atoms with Crippen LogP contribution in [0.2, 0.25) is 0 Å². The second-order valence-electron chi connectivity index (χ2n) is 2.81. The first-order valence-electron chi connectivity index (χ1n) is 3.34. The third-order valence-electron chi connectivity index (χ3n) is 1.58. The van der Waals surface area contributed by atoms with E-state index >= 15 is 0 Å². The molecule has 0 spiro atoms. The molecule has 58 valence electrons. The van der Waals surface area contributed by atoms with Crippen molar-refractivity contribution in [2.24, 2.45) is 11.0 Å². The number of rotatable bonds is 1. The molecule has 1 aliphatic rings. The zero-order valence-corrected chi connectivity index (χ0v) is 6.45. The topological polar surface area (TPSA) is 18.8 Å². The molecule has 1 aliphatic heterocycles. The maximum absolute atomic E-state index is 12.7. The van der Waals surface area contributed by atoms with Crippen molar-refractivity contribution in [1.82, 2.24) is 10.1 Å². The van der Waals surface area contributed by atoms with E-state index in [1.807, 2.05) is 13.8 Å². The molecule has 1 rings (SSSR count). The lowest BCUT2D eigenvalue weighted by Crippen LogP contribution is -2.37. The standard InChI is InChI=1S/C6H12FN3/c1-5(2)6-9(3)8-4-10(6)7/h4-6H,1-3H3. The minimum Gasteiger partial charge on any atom is -0.273 e. The van der Waals surface area contributed by atoms with Gasteiger partial charge in [0.15, 0.2) is 6.17 Å². The van der Waals surface area contributed by atoms with Crippen LogP contribution < -0.4 is 0 Å². The summed E-state index contributed by atoms with van der Waals surface area (Å²) in [6.07, 6.45) is 0.977. The van der Waals surface area contributed by atoms with Gasteiger partial charge in [-0.1, -0.05) is 18.3 Å². The molecule has 3 nitrogen and oxygen atoms in total. The number of nitrogens with zero attached hydrogens (tertiary/aromatic N) is 3. The van der Waals surface area contributed by atoms with Crippen molar-refractivity contribution >= 4 is 6.34 Å². The fourth-order valence-electron chi connectivity index (χ4n) is 1.14. The van der Waals surface area contributed by atoms with Crippen LogP contribution in [-0.2, 0) is 0 Å². The smallest absolute Gasteiger partial charge is 0.151 e. The number of hydrogen-bond donors (Lipinski definition) is 0. The van der Waals surface area contributed by atoms with Gasteiger partial charge in [0.2, 0.25) is 0 Å². The minimum absolute atomic E-state index is 0.222. The van der Waals surface area contributed by atoms with Crippen LogP contribution in [0.3, 0.4) is 0 Å². The van der Waals surface area contributed by atoms with Crippen LogP contribution >= 0.6 is 0 Å². The van der Waals surface area contributed by atoms with E-state index < -0.39 is 0 Å². The second kappa shape index (κ2) is 2.44. The maximum Gasteiger partial charge on any atom is 0.151 e. The first-order valence-corrected chi connectivity index (χ1v) is 3.34. The summed E-state index contributed by atoms with van der Waals surface area (Å²) in [5.74, 6) is 0.248. The molecule has 0 fully saturated rings. The molecule has 0 N–H and O–H groups in total. The Morgan fingerprint density at radius 3 is 2.40 bits per heavy atom. The van der Waals surface area contributed by atoms with E-state index in [-0.39, 0.29) is 12.1 Å². The van der Waals surface area contributed by atoms with Crippen LogP contribution in [0.5, 0.6) is 0 Å². The van der Waals surface area contributed by atoms with Gasteiger partial charge in [-0.2, -0.15) is 10.2 Å². The Hall–Kier alpha value is -0.800. The Morgan fingerprint density at radius 2 is 2.20 bits per heavy atom. The summed E-state index contributed by atoms with van der Waals surface area (Å²) in [4.78, 5) is 0. The quantitative estimate of drug-likeness (QED) is 0.513. The largest absolute Gasteiger partial charge is 0.273 e. The molecule has 1 heterocycles. The zero-order chi connectivity index (χ0) is 7.72. The zero-order valence-electron chi connectivity index (χ0n) is 6.45. The van der Waals surface area contributed by atoms with Crippen LogP contribution in [0.15, 0.2) is 5.10 Å². The van der Waals surface area contributed by atoms with Gasteiger partial charge in [-0.05, 0) is 5.92 Å². The summed E-state index contributed by atoms with van der Waals surface area (Å²) in [6.45, 7) is 3.92. The fourth-order valence-corrected chi connectivity index (χ4v) is 1.14. The lowest BCUT2D eigenvalue weighted by atomic mass is 10.1. The van der Waals surface area contributed by atoms with E-state index in [1.54, 1.807) is 12.1 Å². The summed E-state index contributed by atoms with van der Waals surface area (Å²) >= 11 is 0. The molecule has 10 heavy (non-hydrogen) atoms. The monoisotopic (exact) mass is 145 g/mol. The van der Waals surface area contributed by atoms with Gasteiger partial charge in [0.05, 0.1) is 0 Å². The third-order valence-corrected chi connectivity index (χ3v) is 1.58. The van der Waals surface area contributed by atoms with Gasteiger partial charge in [0.25, 0.3) is 0 Å². The van der Waals surface area contributed by atoms with E-state index in [0.717, 1.165) is 0 Å². The van der Waals surface area contributed by atoms with Gasteiger partial charge >= 0.3 is 0 Å². The molecule has 0 radical (unpaired) electrons. The molecule has 0 saturated carbocycles. The Bertz CT molecular complexity index is 134. The molecule has 0 aromatic rings. The molecule has 0 aliphatic carbocycles. The summed E-state index contributed by atoms with van der Waals surface area (Å²) < 4.78 is 12.7. The highest BCUT2D eigenvalue weighted by atomic mass is 19.2. The van der Waals surface area contributed by atoms with E-state index in [1.165, 1.54) is 6.34 Å². The second-order valence-corrected chi connectivity index (χ2v) is 2.81. The van der Waals surface area contributed by atoms with Gasteiger partial charge < -0.3 is 0 Å². The molecule has 1 atom stereocenters. The molecule has 0 amide bonds. The van der Waals surface area contributed by atoms with Crippen molar-refractivity contribution in [2.45, 2.75) is 20.0 Å². The van der Waals surface area contributed by atoms with Gasteiger partial charge in [-0.15, -0.1) is 0 Å². The van der Waals surface area contributed by atoms with E-state index in [0.29, 0.717) is 5.12 Å². The van der Waals surface area contributed by atoms with Crippen molar-refractivity contribution in [2.75, 3.05) is 7.05 Å². The van der Waals surface area contributed by atoms with Gasteiger partial charge in [-0.25, -0.2) is 0 Å². The Labute approximate surface area is 60.0 Å². The van der Waals surface area contributed by atoms with Gasteiger partial charge in [-0.3, -0.25) is 5.01 Å². The Balaban J connectivity index is 2.60. The number of hydrogen-bond acceptors (Lipinski definition) is 3. The summed E-state index contributed by atoms with van der Waals surface area (Å²) in [5.41, 5.74) is 0. The van der Waals surface area contributed by atoms with Crippen molar-refractivity contribution in [1.29, 1.82) is 0 Å². The lowest BCUT2D eigenvalue weighted by Gasteiger charge is -2.24. The third kappa shape index (κ3) is 1.05. The normalized spacial score (nSPS) is 25.1. The molecule has 0 bridgehead atoms. The first kappa shape index (κ1) is 7.31. The molecule has 4 heteroatoms. The van der Waals surface area contributed by atoms with E-state index in [2.05, 4.69) is 5.10 Å². The van der Waals surface area contributed by atoms with Crippen molar-refractivity contribution in [3.05, 3.63) is 0 Å². The van der Waals surface area contributed by atoms with Crippen molar-refractivity contribution in [3.63, 3.8) is 0 Å². The predicted octanol–water partition coefficient (Wildman–Crippen LogP) is 1.04. The summed E-state index contributed by atoms with van der Waals surface area (Å²) in [5, 5.41) is 6.02. The first-order chi connectivity index (χ1) is 4.63. The molecule has 0 aromatic heterocycles. The van der Waals surface area contributed by atoms with Gasteiger partial charge in [0, 0.05) is 7.05 Å². The van der Waals surface area contributed by atoms with E-state index in [4.69, 9.17) is 0 Å². The minimum atomic E-state index is -0.222. The van der Waals surface area contributed by atoms with Gasteiger partial charge in [0.1, 0.15) is 6.34 Å². The average molecular weight is 145 g/mol. The van der Waals surface area contributed by atoms with Crippen molar-refractivity contribution < 1.29 is 4.48 Å².